The van der Waals surface area contributed by atoms with Gasteiger partial charge in [0.15, 0.2) is 9.84 Å². The number of rotatable bonds is 10. The molecule has 4 aromatic carbocycles. The van der Waals surface area contributed by atoms with Crippen LogP contribution in [0, 0.1) is 25.5 Å². The molecule has 0 bridgehead atoms. The third-order valence-corrected chi connectivity index (χ3v) is 11.0. The lowest BCUT2D eigenvalue weighted by atomic mass is 10.1. The minimum Gasteiger partial charge on any atom is -0.399 e. The van der Waals surface area contributed by atoms with Gasteiger partial charge in [-0.2, -0.15) is 0 Å². The lowest BCUT2D eigenvalue weighted by molar-refractivity contribution is 0.586. The van der Waals surface area contributed by atoms with Crippen molar-refractivity contribution in [1.29, 1.82) is 0 Å². The molecule has 0 aliphatic rings. The van der Waals surface area contributed by atoms with Crippen LogP contribution in [0.3, 0.4) is 0 Å². The van der Waals surface area contributed by atoms with E-state index >= 15 is 0 Å². The molecule has 0 unspecified atom stereocenters. The smallest absolute Gasteiger partial charge is 0.251 e. The Balaban J connectivity index is 0.000000202. The molecule has 6 rings (SSSR count). The highest BCUT2D eigenvalue weighted by Crippen LogP contribution is 2.21. The van der Waals surface area contributed by atoms with Gasteiger partial charge in [-0.15, -0.1) is 0 Å². The lowest BCUT2D eigenvalue weighted by Gasteiger charge is -2.11. The number of nitrogens with zero attached hydrogens (tertiary/aromatic N) is 2. The van der Waals surface area contributed by atoms with Gasteiger partial charge in [0.25, 0.3) is 11.1 Å². The van der Waals surface area contributed by atoms with Crippen molar-refractivity contribution in [2.75, 3.05) is 5.73 Å². The number of fused-ring (bicyclic) bond motifs is 2. The van der Waals surface area contributed by atoms with Crippen LogP contribution in [0.4, 0.5) is 14.5 Å². The van der Waals surface area contributed by atoms with E-state index in [-0.39, 0.29) is 33.8 Å². The van der Waals surface area contributed by atoms with Gasteiger partial charge in [-0.25, -0.2) is 25.6 Å². The van der Waals surface area contributed by atoms with E-state index in [0.717, 1.165) is 58.0 Å². The second-order valence-corrected chi connectivity index (χ2v) is 18.1. The number of pyridine rings is 2. The zero-order chi connectivity index (χ0) is 40.5. The summed E-state index contributed by atoms with van der Waals surface area (Å²) in [7, 11) is -2.22. The molecule has 6 aromatic rings. The van der Waals surface area contributed by atoms with E-state index in [0.29, 0.717) is 12.1 Å². The maximum Gasteiger partial charge on any atom is 0.251 e. The summed E-state index contributed by atoms with van der Waals surface area (Å²) >= 11 is 0. The Bertz CT molecular complexity index is 2660. The number of sulfone groups is 1. The topological polar surface area (TPSA) is 138 Å². The van der Waals surface area contributed by atoms with E-state index in [1.165, 1.54) is 30.3 Å². The van der Waals surface area contributed by atoms with E-state index in [2.05, 4.69) is 6.92 Å². The van der Waals surface area contributed by atoms with Crippen LogP contribution in [-0.4, -0.2) is 26.0 Å². The Morgan fingerprint density at radius 1 is 0.600 bits per heavy atom. The number of aromatic nitrogens is 2. The summed E-state index contributed by atoms with van der Waals surface area (Å²) in [5.41, 5.74) is 10.5. The van der Waals surface area contributed by atoms with Gasteiger partial charge in [0, 0.05) is 58.1 Å². The summed E-state index contributed by atoms with van der Waals surface area (Å²) in [5, 5.41) is 1.83. The van der Waals surface area contributed by atoms with Gasteiger partial charge >= 0.3 is 0 Å². The van der Waals surface area contributed by atoms with Crippen molar-refractivity contribution in [2.45, 2.75) is 70.9 Å². The van der Waals surface area contributed by atoms with Crippen molar-refractivity contribution in [3.8, 4) is 0 Å². The zero-order valence-corrected chi connectivity index (χ0v) is 33.4. The van der Waals surface area contributed by atoms with Gasteiger partial charge in [-0.1, -0.05) is 44.2 Å². The molecule has 2 heterocycles. The predicted octanol–water partition coefficient (Wildman–Crippen LogP) is 8.17. The minimum absolute atomic E-state index is 0.0501. The first-order chi connectivity index (χ1) is 25.9. The number of aryl methyl sites for hydroxylation is 4. The molecule has 0 spiro atoms. The van der Waals surface area contributed by atoms with Crippen molar-refractivity contribution in [2.24, 2.45) is 0 Å². The molecule has 0 saturated carbocycles. The van der Waals surface area contributed by atoms with Crippen LogP contribution in [0.5, 0.6) is 0 Å². The Kier molecular flexibility index (Phi) is 14.5. The highest BCUT2D eigenvalue weighted by molar-refractivity contribution is 8.13. The Morgan fingerprint density at radius 2 is 1.07 bits per heavy atom. The summed E-state index contributed by atoms with van der Waals surface area (Å²) < 4.78 is 76.9. The molecule has 2 N–H and O–H groups in total. The normalized spacial score (nSPS) is 11.5. The van der Waals surface area contributed by atoms with Crippen molar-refractivity contribution in [1.82, 2.24) is 9.13 Å². The molecule has 0 radical (unpaired) electrons. The van der Waals surface area contributed by atoms with E-state index in [1.807, 2.05) is 31.2 Å². The molecule has 55 heavy (non-hydrogen) atoms. The fourth-order valence-electron chi connectivity index (χ4n) is 5.94. The van der Waals surface area contributed by atoms with Crippen molar-refractivity contribution in [3.05, 3.63) is 157 Å². The minimum atomic E-state index is -3.68. The maximum atomic E-state index is 14.0. The molecule has 0 aliphatic heterocycles. The molecule has 0 amide bonds. The van der Waals surface area contributed by atoms with Crippen LogP contribution in [0.2, 0.25) is 0 Å². The fourth-order valence-corrected chi connectivity index (χ4v) is 8.40. The average molecular weight is 812 g/mol. The monoisotopic (exact) mass is 811 g/mol. The fraction of sp³-hybridized carbons (Fsp3) is 0.268. The molecule has 0 fully saturated rings. The summed E-state index contributed by atoms with van der Waals surface area (Å²) in [4.78, 5) is 23.7. The van der Waals surface area contributed by atoms with Crippen molar-refractivity contribution >= 4 is 57.1 Å². The highest BCUT2D eigenvalue weighted by atomic mass is 35.7. The molecule has 0 saturated heterocycles. The number of hydrogen-bond donors (Lipinski definition) is 1. The number of anilines is 1. The average Bonchev–Trinajstić information content (AvgIpc) is 3.10. The first-order valence-electron chi connectivity index (χ1n) is 17.5. The van der Waals surface area contributed by atoms with Crippen LogP contribution in [-0.2, 0) is 49.2 Å². The molecule has 0 atom stereocenters. The molecule has 292 valence electrons. The molecule has 2 aromatic heterocycles. The highest BCUT2D eigenvalue weighted by Gasteiger charge is 2.17. The van der Waals surface area contributed by atoms with Gasteiger partial charge in [0.05, 0.1) is 28.3 Å². The lowest BCUT2D eigenvalue weighted by Crippen LogP contribution is -2.19. The van der Waals surface area contributed by atoms with Crippen LogP contribution in [0.25, 0.3) is 21.8 Å². The second kappa shape index (κ2) is 18.7. The Morgan fingerprint density at radius 3 is 1.55 bits per heavy atom. The summed E-state index contributed by atoms with van der Waals surface area (Å²) in [5.74, 6) is -2.03. The second-order valence-electron chi connectivity index (χ2n) is 13.3. The number of halogens is 3. The predicted molar refractivity (Wildman–Crippen MR) is 218 cm³/mol. The van der Waals surface area contributed by atoms with Gasteiger partial charge < -0.3 is 14.9 Å². The van der Waals surface area contributed by atoms with Gasteiger partial charge in [0.1, 0.15) is 11.6 Å². The van der Waals surface area contributed by atoms with Crippen LogP contribution >= 0.6 is 10.7 Å². The summed E-state index contributed by atoms with van der Waals surface area (Å²) in [6.07, 6.45) is 1.78. The first-order valence-corrected chi connectivity index (χ1v) is 21.8. The van der Waals surface area contributed by atoms with Crippen LogP contribution in [0.15, 0.2) is 107 Å². The molecule has 14 heteroatoms. The number of benzene rings is 4. The van der Waals surface area contributed by atoms with E-state index in [9.17, 15) is 35.2 Å². The Labute approximate surface area is 324 Å². The van der Waals surface area contributed by atoms with Crippen molar-refractivity contribution in [3.63, 3.8) is 0 Å². The van der Waals surface area contributed by atoms with E-state index in [1.54, 1.807) is 65.4 Å². The van der Waals surface area contributed by atoms with E-state index < -0.39 is 36.3 Å². The van der Waals surface area contributed by atoms with Crippen LogP contribution < -0.4 is 16.9 Å². The SMILES string of the molecule is CCCn1c(=O)ccc2cc(CS(=O)(=O)Cc3ccc(C)cc3F)ccc21.CCCn1c(=O)ccc2cc(N)ccc21.Cc1ccc(CS(=O)(=O)Cl)c(F)c1. The third kappa shape index (κ3) is 12.3. The largest absolute Gasteiger partial charge is 0.399 e. The third-order valence-electron chi connectivity index (χ3n) is 8.47. The zero-order valence-electron chi connectivity index (χ0n) is 31.1. The number of nitrogens with two attached hydrogens (primary N) is 1. The Hall–Kier alpha value is -4.85. The van der Waals surface area contributed by atoms with Gasteiger partial charge in [0.2, 0.25) is 9.05 Å². The summed E-state index contributed by atoms with van der Waals surface area (Å²) in [6.45, 7) is 8.90. The van der Waals surface area contributed by atoms with E-state index in [4.69, 9.17) is 16.4 Å². The van der Waals surface area contributed by atoms with Crippen molar-refractivity contribution < 1.29 is 25.6 Å². The quantitative estimate of drug-likeness (QED) is 0.109. The van der Waals surface area contributed by atoms with Gasteiger partial charge in [-0.3, -0.25) is 9.59 Å². The van der Waals surface area contributed by atoms with Crippen LogP contribution in [0.1, 0.15) is 54.5 Å². The number of nitrogen functional groups attached to an aromatic ring is 1. The maximum absolute atomic E-state index is 14.0. The molecule has 0 aliphatic carbocycles. The standard InChI is InChI=1S/C21H22FNO3S.C12H14N2O.C8H8ClFO2S/c1-3-10-23-20-8-5-16(12-17(20)7-9-21(23)24)13-27(25,26)14-18-6-4-15(2)11-19(18)22;1-2-7-14-11-5-4-10(13)8-9(11)3-6-12(14)15;1-6-2-3-7(8(10)4-6)5-13(9,11)12/h4-9,11-12H,3,10,13-14H2,1-2H3;3-6,8H,2,7,13H2,1H3;2-4H,5H2,1H3. The summed E-state index contributed by atoms with van der Waals surface area (Å²) in [6, 6.07) is 26.4. The number of hydrogen-bond acceptors (Lipinski definition) is 7. The molecule has 9 nitrogen and oxygen atoms in total. The first kappa shape index (κ1) is 42.9. The molecular formula is C41H44ClF2N3O6S2. The molecular weight excluding hydrogens is 768 g/mol. The van der Waals surface area contributed by atoms with Gasteiger partial charge in [-0.05, 0) is 103 Å².